The van der Waals surface area contributed by atoms with E-state index in [1.54, 1.807) is 0 Å². The van der Waals surface area contributed by atoms with Gasteiger partial charge in [-0.15, -0.1) is 0 Å². The molecule has 0 aromatic heterocycles. The summed E-state index contributed by atoms with van der Waals surface area (Å²) in [6, 6.07) is 0. The Morgan fingerprint density at radius 3 is 2.91 bits per heavy atom. The van der Waals surface area contributed by atoms with Crippen LogP contribution in [0.1, 0.15) is 25.7 Å². The highest BCUT2D eigenvalue weighted by Crippen LogP contribution is 2.28. The van der Waals surface area contributed by atoms with Gasteiger partial charge in [-0.25, -0.2) is 0 Å². The van der Waals surface area contributed by atoms with Crippen molar-refractivity contribution in [1.29, 1.82) is 0 Å². The standard InChI is InChI=1S/C9H16N2/c1-8-3-2-4-9(11-8)5-6-10-7-9/h10-11H,1-7H2. The zero-order chi connectivity index (χ0) is 7.73. The number of hydrogen-bond acceptors (Lipinski definition) is 2. The van der Waals surface area contributed by atoms with Crippen LogP contribution in [0.15, 0.2) is 12.3 Å². The molecule has 2 aliphatic heterocycles. The van der Waals surface area contributed by atoms with Crippen molar-refractivity contribution in [1.82, 2.24) is 10.6 Å². The van der Waals surface area contributed by atoms with Gasteiger partial charge in [-0.2, -0.15) is 0 Å². The largest absolute Gasteiger partial charge is 0.382 e. The molecule has 0 aromatic rings. The van der Waals surface area contributed by atoms with Crippen molar-refractivity contribution in [2.24, 2.45) is 0 Å². The topological polar surface area (TPSA) is 24.1 Å². The minimum atomic E-state index is 0.384. The molecular formula is C9H16N2. The van der Waals surface area contributed by atoms with Gasteiger partial charge in [0.15, 0.2) is 0 Å². The summed E-state index contributed by atoms with van der Waals surface area (Å²) in [5.74, 6) is 0. The molecule has 2 nitrogen and oxygen atoms in total. The predicted octanol–water partition coefficient (Wildman–Crippen LogP) is 1.01. The predicted molar refractivity (Wildman–Crippen MR) is 46.3 cm³/mol. The molecule has 62 valence electrons. The van der Waals surface area contributed by atoms with E-state index in [0.717, 1.165) is 6.54 Å². The van der Waals surface area contributed by atoms with Crippen LogP contribution in [0.4, 0.5) is 0 Å². The van der Waals surface area contributed by atoms with Gasteiger partial charge in [-0.3, -0.25) is 0 Å². The van der Waals surface area contributed by atoms with Gasteiger partial charge in [0.1, 0.15) is 0 Å². The monoisotopic (exact) mass is 152 g/mol. The highest BCUT2D eigenvalue weighted by molar-refractivity contribution is 5.08. The summed E-state index contributed by atoms with van der Waals surface area (Å²) in [7, 11) is 0. The summed E-state index contributed by atoms with van der Waals surface area (Å²) < 4.78 is 0. The van der Waals surface area contributed by atoms with Crippen molar-refractivity contribution in [3.05, 3.63) is 12.3 Å². The van der Waals surface area contributed by atoms with Crippen molar-refractivity contribution in [2.75, 3.05) is 13.1 Å². The van der Waals surface area contributed by atoms with Gasteiger partial charge in [-0.05, 0) is 32.2 Å². The Morgan fingerprint density at radius 1 is 1.36 bits per heavy atom. The normalized spacial score (nSPS) is 37.6. The van der Waals surface area contributed by atoms with E-state index < -0.39 is 0 Å². The zero-order valence-electron chi connectivity index (χ0n) is 6.95. The van der Waals surface area contributed by atoms with Gasteiger partial charge >= 0.3 is 0 Å². The molecule has 2 saturated heterocycles. The van der Waals surface area contributed by atoms with E-state index in [1.807, 2.05) is 0 Å². The Morgan fingerprint density at radius 2 is 2.27 bits per heavy atom. The lowest BCUT2D eigenvalue weighted by Gasteiger charge is -2.36. The van der Waals surface area contributed by atoms with Crippen LogP contribution in [-0.4, -0.2) is 18.6 Å². The van der Waals surface area contributed by atoms with Crippen molar-refractivity contribution in [3.8, 4) is 0 Å². The summed E-state index contributed by atoms with van der Waals surface area (Å²) >= 11 is 0. The van der Waals surface area contributed by atoms with Crippen LogP contribution in [0, 0.1) is 0 Å². The average molecular weight is 152 g/mol. The van der Waals surface area contributed by atoms with Crippen LogP contribution in [-0.2, 0) is 0 Å². The smallest absolute Gasteiger partial charge is 0.0506 e. The van der Waals surface area contributed by atoms with Crippen molar-refractivity contribution >= 4 is 0 Å². The van der Waals surface area contributed by atoms with Gasteiger partial charge in [0.05, 0.1) is 5.54 Å². The van der Waals surface area contributed by atoms with Crippen molar-refractivity contribution < 1.29 is 0 Å². The fourth-order valence-electron chi connectivity index (χ4n) is 2.20. The molecule has 1 atom stereocenters. The Hall–Kier alpha value is -0.500. The van der Waals surface area contributed by atoms with Gasteiger partial charge in [0.2, 0.25) is 0 Å². The number of allylic oxidation sites excluding steroid dienone is 1. The van der Waals surface area contributed by atoms with Crippen molar-refractivity contribution in [2.45, 2.75) is 31.2 Å². The number of rotatable bonds is 0. The highest BCUT2D eigenvalue weighted by atomic mass is 15.1. The first-order chi connectivity index (χ1) is 5.31. The second kappa shape index (κ2) is 2.52. The number of nitrogens with one attached hydrogen (secondary N) is 2. The molecule has 2 fully saturated rings. The molecule has 0 aromatic carbocycles. The lowest BCUT2D eigenvalue weighted by atomic mass is 9.87. The maximum Gasteiger partial charge on any atom is 0.0506 e. The fraction of sp³-hybridized carbons (Fsp3) is 0.778. The molecule has 2 N–H and O–H groups in total. The van der Waals surface area contributed by atoms with E-state index in [-0.39, 0.29) is 0 Å². The Labute approximate surface area is 68.1 Å². The summed E-state index contributed by atoms with van der Waals surface area (Å²) in [6.07, 6.45) is 5.07. The molecule has 0 radical (unpaired) electrons. The first kappa shape index (κ1) is 7.17. The maximum absolute atomic E-state index is 3.99. The van der Waals surface area contributed by atoms with Gasteiger partial charge < -0.3 is 10.6 Å². The summed E-state index contributed by atoms with van der Waals surface area (Å²) in [5, 5.41) is 6.93. The molecule has 0 aliphatic carbocycles. The van der Waals surface area contributed by atoms with Crippen LogP contribution in [0.5, 0.6) is 0 Å². The molecule has 2 heterocycles. The van der Waals surface area contributed by atoms with E-state index >= 15 is 0 Å². The van der Waals surface area contributed by atoms with Crippen LogP contribution >= 0.6 is 0 Å². The Balaban J connectivity index is 2.05. The fourth-order valence-corrected chi connectivity index (χ4v) is 2.20. The molecule has 0 amide bonds. The van der Waals surface area contributed by atoms with E-state index in [0.29, 0.717) is 5.54 Å². The Bertz CT molecular complexity index is 168. The number of hydrogen-bond donors (Lipinski definition) is 2. The molecule has 0 saturated carbocycles. The minimum Gasteiger partial charge on any atom is -0.382 e. The molecule has 2 aliphatic rings. The quantitative estimate of drug-likeness (QED) is 0.541. The molecule has 0 bridgehead atoms. The lowest BCUT2D eigenvalue weighted by Crippen LogP contribution is -2.48. The lowest BCUT2D eigenvalue weighted by molar-refractivity contribution is 0.313. The van der Waals surface area contributed by atoms with Gasteiger partial charge in [0, 0.05) is 12.2 Å². The van der Waals surface area contributed by atoms with Crippen molar-refractivity contribution in [3.63, 3.8) is 0 Å². The van der Waals surface area contributed by atoms with Crippen LogP contribution in [0.3, 0.4) is 0 Å². The number of piperidine rings is 1. The summed E-state index contributed by atoms with van der Waals surface area (Å²) in [6.45, 7) is 6.29. The highest BCUT2D eigenvalue weighted by Gasteiger charge is 2.35. The van der Waals surface area contributed by atoms with Crippen LogP contribution in [0.25, 0.3) is 0 Å². The maximum atomic E-state index is 3.99. The molecule has 1 spiro atoms. The minimum absolute atomic E-state index is 0.384. The van der Waals surface area contributed by atoms with Crippen LogP contribution < -0.4 is 10.6 Å². The van der Waals surface area contributed by atoms with E-state index in [2.05, 4.69) is 17.2 Å². The molecular weight excluding hydrogens is 136 g/mol. The van der Waals surface area contributed by atoms with E-state index in [4.69, 9.17) is 0 Å². The third-order valence-corrected chi connectivity index (χ3v) is 2.82. The Kier molecular flexibility index (Phi) is 1.64. The third-order valence-electron chi connectivity index (χ3n) is 2.82. The first-order valence-corrected chi connectivity index (χ1v) is 4.47. The second-order valence-corrected chi connectivity index (χ2v) is 3.79. The summed E-state index contributed by atoms with van der Waals surface area (Å²) in [4.78, 5) is 0. The van der Waals surface area contributed by atoms with E-state index in [1.165, 1.54) is 37.9 Å². The zero-order valence-corrected chi connectivity index (χ0v) is 6.95. The molecule has 1 unspecified atom stereocenters. The molecule has 11 heavy (non-hydrogen) atoms. The van der Waals surface area contributed by atoms with Gasteiger partial charge in [-0.1, -0.05) is 6.58 Å². The molecule has 2 heteroatoms. The third kappa shape index (κ3) is 1.27. The van der Waals surface area contributed by atoms with Crippen LogP contribution in [0.2, 0.25) is 0 Å². The molecule has 2 rings (SSSR count). The summed E-state index contributed by atoms with van der Waals surface area (Å²) in [5.41, 5.74) is 1.62. The van der Waals surface area contributed by atoms with E-state index in [9.17, 15) is 0 Å². The average Bonchev–Trinajstić information content (AvgIpc) is 2.37. The second-order valence-electron chi connectivity index (χ2n) is 3.79. The first-order valence-electron chi connectivity index (χ1n) is 4.47. The van der Waals surface area contributed by atoms with Gasteiger partial charge in [0.25, 0.3) is 0 Å². The SMILES string of the molecule is C=C1CCCC2(CCNC2)N1.